The Morgan fingerprint density at radius 2 is 1.80 bits per heavy atom. The van der Waals surface area contributed by atoms with Gasteiger partial charge >= 0.3 is 5.97 Å². The summed E-state index contributed by atoms with van der Waals surface area (Å²) in [5, 5.41) is 2.88. The van der Waals surface area contributed by atoms with Gasteiger partial charge in [-0.05, 0) is 48.5 Å². The van der Waals surface area contributed by atoms with Crippen LogP contribution >= 0.6 is 0 Å². The highest BCUT2D eigenvalue weighted by Crippen LogP contribution is 2.23. The van der Waals surface area contributed by atoms with Gasteiger partial charge in [-0.1, -0.05) is 18.2 Å². The summed E-state index contributed by atoms with van der Waals surface area (Å²) in [6, 6.07) is 19.9. The standard InChI is InChI=1S/C23H19N3O4/c1-29-21-12-15(10-11-18(21)23(28)30-2)22(27)25-16-6-5-7-17(13-16)26-14-24-19-8-3-4-9-20(19)26/h3-14H,1-2H3,(H,25,27). The molecule has 0 fully saturated rings. The summed E-state index contributed by atoms with van der Waals surface area (Å²) in [5.41, 5.74) is 3.99. The Balaban J connectivity index is 1.60. The fourth-order valence-electron chi connectivity index (χ4n) is 3.21. The SMILES string of the molecule is COC(=O)c1ccc(C(=O)Nc2cccc(-n3cnc4ccccc43)c2)cc1OC. The van der Waals surface area contributed by atoms with Crippen LogP contribution in [-0.4, -0.2) is 35.6 Å². The highest BCUT2D eigenvalue weighted by Gasteiger charge is 2.16. The van der Waals surface area contributed by atoms with E-state index in [9.17, 15) is 9.59 Å². The average molecular weight is 401 g/mol. The fraction of sp³-hybridized carbons (Fsp3) is 0.0870. The number of carbonyl (C=O) groups is 2. The largest absolute Gasteiger partial charge is 0.496 e. The zero-order valence-corrected chi connectivity index (χ0v) is 16.5. The number of carbonyl (C=O) groups excluding carboxylic acids is 2. The second-order valence-corrected chi connectivity index (χ2v) is 6.51. The first-order valence-electron chi connectivity index (χ1n) is 9.21. The molecule has 0 atom stereocenters. The van der Waals surface area contributed by atoms with Crippen LogP contribution < -0.4 is 10.1 Å². The molecule has 150 valence electrons. The van der Waals surface area contributed by atoms with Gasteiger partial charge in [-0.3, -0.25) is 9.36 Å². The van der Waals surface area contributed by atoms with Gasteiger partial charge in [0.05, 0.1) is 25.3 Å². The van der Waals surface area contributed by atoms with Gasteiger partial charge in [0.2, 0.25) is 0 Å². The smallest absolute Gasteiger partial charge is 0.341 e. The highest BCUT2D eigenvalue weighted by atomic mass is 16.5. The van der Waals surface area contributed by atoms with Crippen LogP contribution in [0.25, 0.3) is 16.7 Å². The van der Waals surface area contributed by atoms with E-state index >= 15 is 0 Å². The molecule has 4 aromatic rings. The van der Waals surface area contributed by atoms with Gasteiger partial charge in [0, 0.05) is 16.9 Å². The maximum absolute atomic E-state index is 12.7. The predicted molar refractivity (Wildman–Crippen MR) is 113 cm³/mol. The molecule has 4 rings (SSSR count). The number of imidazole rings is 1. The molecule has 7 heteroatoms. The molecule has 1 aromatic heterocycles. The normalized spacial score (nSPS) is 10.6. The molecule has 0 saturated heterocycles. The number of ether oxygens (including phenoxy) is 2. The van der Waals surface area contributed by atoms with Gasteiger partial charge in [0.15, 0.2) is 0 Å². The summed E-state index contributed by atoms with van der Waals surface area (Å²) in [5.74, 6) is -0.579. The highest BCUT2D eigenvalue weighted by molar-refractivity contribution is 6.05. The lowest BCUT2D eigenvalue weighted by Gasteiger charge is -2.11. The molecule has 0 radical (unpaired) electrons. The first-order chi connectivity index (χ1) is 14.6. The van der Waals surface area contributed by atoms with Crippen molar-refractivity contribution < 1.29 is 19.1 Å². The van der Waals surface area contributed by atoms with E-state index in [2.05, 4.69) is 10.3 Å². The van der Waals surface area contributed by atoms with E-state index < -0.39 is 5.97 Å². The Morgan fingerprint density at radius 1 is 0.967 bits per heavy atom. The molecule has 3 aromatic carbocycles. The lowest BCUT2D eigenvalue weighted by Crippen LogP contribution is -2.13. The van der Waals surface area contributed by atoms with Gasteiger partial charge in [0.25, 0.3) is 5.91 Å². The van der Waals surface area contributed by atoms with Crippen LogP contribution in [0.1, 0.15) is 20.7 Å². The first-order valence-corrected chi connectivity index (χ1v) is 9.21. The zero-order chi connectivity index (χ0) is 21.1. The van der Waals surface area contributed by atoms with Crippen LogP contribution in [0.4, 0.5) is 5.69 Å². The van der Waals surface area contributed by atoms with Crippen LogP contribution in [0.15, 0.2) is 73.1 Å². The van der Waals surface area contributed by atoms with E-state index in [0.717, 1.165) is 16.7 Å². The lowest BCUT2D eigenvalue weighted by molar-refractivity contribution is 0.0596. The number of esters is 1. The quantitative estimate of drug-likeness (QED) is 0.510. The lowest BCUT2D eigenvalue weighted by atomic mass is 10.1. The Labute approximate surface area is 172 Å². The Hall–Kier alpha value is -4.13. The summed E-state index contributed by atoms with van der Waals surface area (Å²) < 4.78 is 11.9. The number of amides is 1. The third kappa shape index (κ3) is 3.60. The second-order valence-electron chi connectivity index (χ2n) is 6.51. The number of nitrogens with zero attached hydrogens (tertiary/aromatic N) is 2. The van der Waals surface area contributed by atoms with Crippen molar-refractivity contribution >= 4 is 28.6 Å². The van der Waals surface area contributed by atoms with Gasteiger partial charge in [0.1, 0.15) is 17.6 Å². The van der Waals surface area contributed by atoms with Crippen molar-refractivity contribution in [2.24, 2.45) is 0 Å². The van der Waals surface area contributed by atoms with Gasteiger partial charge in [-0.25, -0.2) is 9.78 Å². The Morgan fingerprint density at radius 3 is 2.60 bits per heavy atom. The van der Waals surface area contributed by atoms with Crippen LogP contribution in [0, 0.1) is 0 Å². The first kappa shape index (κ1) is 19.2. The number of benzene rings is 3. The zero-order valence-electron chi connectivity index (χ0n) is 16.5. The molecule has 0 bridgehead atoms. The van der Waals surface area contributed by atoms with Gasteiger partial charge in [-0.2, -0.15) is 0 Å². The number of fused-ring (bicyclic) bond motifs is 1. The number of hydrogen-bond donors (Lipinski definition) is 1. The molecule has 0 aliphatic carbocycles. The van der Waals surface area contributed by atoms with Crippen LogP contribution in [0.3, 0.4) is 0 Å². The summed E-state index contributed by atoms with van der Waals surface area (Å²) >= 11 is 0. The molecule has 30 heavy (non-hydrogen) atoms. The number of nitrogens with one attached hydrogen (secondary N) is 1. The summed E-state index contributed by atoms with van der Waals surface area (Å²) in [7, 11) is 2.72. The van der Waals surface area contributed by atoms with Crippen molar-refractivity contribution in [3.63, 3.8) is 0 Å². The van der Waals surface area contributed by atoms with Crippen molar-refractivity contribution in [1.82, 2.24) is 9.55 Å². The van der Waals surface area contributed by atoms with E-state index in [4.69, 9.17) is 9.47 Å². The minimum Gasteiger partial charge on any atom is -0.496 e. The van der Waals surface area contributed by atoms with Crippen molar-refractivity contribution in [1.29, 1.82) is 0 Å². The number of aromatic nitrogens is 2. The van der Waals surface area contributed by atoms with Crippen LogP contribution in [-0.2, 0) is 4.74 Å². The van der Waals surface area contributed by atoms with Crippen LogP contribution in [0.5, 0.6) is 5.75 Å². The van der Waals surface area contributed by atoms with Crippen molar-refractivity contribution in [2.45, 2.75) is 0 Å². The minimum atomic E-state index is -0.529. The van der Waals surface area contributed by atoms with E-state index in [1.54, 1.807) is 18.5 Å². The molecule has 0 spiro atoms. The Bertz CT molecular complexity index is 1250. The van der Waals surface area contributed by atoms with E-state index in [0.29, 0.717) is 11.3 Å². The molecular formula is C23H19N3O4. The van der Waals surface area contributed by atoms with Crippen LogP contribution in [0.2, 0.25) is 0 Å². The number of methoxy groups -OCH3 is 2. The van der Waals surface area contributed by atoms with E-state index in [1.807, 2.05) is 47.0 Å². The van der Waals surface area contributed by atoms with Crippen molar-refractivity contribution in [3.05, 3.63) is 84.2 Å². The topological polar surface area (TPSA) is 82.5 Å². The summed E-state index contributed by atoms with van der Waals surface area (Å²) in [4.78, 5) is 28.9. The number of anilines is 1. The minimum absolute atomic E-state index is 0.255. The maximum atomic E-state index is 12.7. The van der Waals surface area contributed by atoms with Gasteiger partial charge < -0.3 is 14.8 Å². The van der Waals surface area contributed by atoms with Crippen molar-refractivity contribution in [2.75, 3.05) is 19.5 Å². The second kappa shape index (κ2) is 8.08. The average Bonchev–Trinajstić information content (AvgIpc) is 3.22. The molecule has 7 nitrogen and oxygen atoms in total. The van der Waals surface area contributed by atoms with E-state index in [1.165, 1.54) is 26.4 Å². The summed E-state index contributed by atoms with van der Waals surface area (Å²) in [6.45, 7) is 0. The third-order valence-corrected chi connectivity index (χ3v) is 4.70. The number of hydrogen-bond acceptors (Lipinski definition) is 5. The molecule has 0 aliphatic rings. The molecule has 1 N–H and O–H groups in total. The fourth-order valence-corrected chi connectivity index (χ4v) is 3.21. The van der Waals surface area contributed by atoms with E-state index in [-0.39, 0.29) is 17.2 Å². The predicted octanol–water partition coefficient (Wildman–Crippen LogP) is 4.07. The molecule has 0 saturated carbocycles. The third-order valence-electron chi connectivity index (χ3n) is 4.70. The number of para-hydroxylation sites is 2. The monoisotopic (exact) mass is 401 g/mol. The molecule has 1 heterocycles. The maximum Gasteiger partial charge on any atom is 0.341 e. The molecule has 1 amide bonds. The number of rotatable bonds is 5. The van der Waals surface area contributed by atoms with Gasteiger partial charge in [-0.15, -0.1) is 0 Å². The van der Waals surface area contributed by atoms with Crippen molar-refractivity contribution in [3.8, 4) is 11.4 Å². The summed E-state index contributed by atoms with van der Waals surface area (Å²) in [6.07, 6.45) is 1.75. The molecular weight excluding hydrogens is 382 g/mol. The Kier molecular flexibility index (Phi) is 5.17. The molecule has 0 unspecified atom stereocenters. The molecule has 0 aliphatic heterocycles.